The second-order valence-electron chi connectivity index (χ2n) is 7.94. The van der Waals surface area contributed by atoms with Crippen molar-refractivity contribution in [3.63, 3.8) is 0 Å². The van der Waals surface area contributed by atoms with Crippen LogP contribution < -0.4 is 21.5 Å². The van der Waals surface area contributed by atoms with Crippen LogP contribution in [0.1, 0.15) is 64.8 Å². The van der Waals surface area contributed by atoms with Crippen molar-refractivity contribution < 1.29 is 19.1 Å². The number of aromatic nitrogens is 1. The van der Waals surface area contributed by atoms with Gasteiger partial charge in [-0.15, -0.1) is 0 Å². The SMILES string of the molecule is COc1ccc(CN(C(=O)c2snc(C(N)=O)c2N)C(C)C(=O)NC2CCCCC2)cc1. The van der Waals surface area contributed by atoms with Gasteiger partial charge in [0.1, 0.15) is 16.7 Å². The number of rotatable bonds is 8. The van der Waals surface area contributed by atoms with E-state index < -0.39 is 17.9 Å². The maximum Gasteiger partial charge on any atom is 0.270 e. The molecule has 172 valence electrons. The quantitative estimate of drug-likeness (QED) is 0.553. The van der Waals surface area contributed by atoms with Crippen molar-refractivity contribution >= 4 is 34.9 Å². The van der Waals surface area contributed by atoms with E-state index in [0.29, 0.717) is 5.75 Å². The number of carbonyl (C=O) groups excluding carboxylic acids is 3. The lowest BCUT2D eigenvalue weighted by molar-refractivity contribution is -0.126. The third-order valence-corrected chi connectivity index (χ3v) is 6.58. The van der Waals surface area contributed by atoms with E-state index in [1.54, 1.807) is 26.2 Å². The molecule has 5 N–H and O–H groups in total. The summed E-state index contributed by atoms with van der Waals surface area (Å²) in [4.78, 5) is 39.5. The van der Waals surface area contributed by atoms with Gasteiger partial charge in [-0.25, -0.2) is 0 Å². The number of nitrogen functional groups attached to an aromatic ring is 1. The van der Waals surface area contributed by atoms with Crippen LogP contribution in [0.5, 0.6) is 5.75 Å². The Morgan fingerprint density at radius 1 is 1.22 bits per heavy atom. The minimum absolute atomic E-state index is 0.0629. The zero-order valence-corrected chi connectivity index (χ0v) is 19.1. The van der Waals surface area contributed by atoms with E-state index in [-0.39, 0.29) is 34.8 Å². The van der Waals surface area contributed by atoms with Crippen LogP contribution in [0, 0.1) is 0 Å². The summed E-state index contributed by atoms with van der Waals surface area (Å²) in [5.41, 5.74) is 11.9. The number of nitrogens with two attached hydrogens (primary N) is 2. The van der Waals surface area contributed by atoms with Crippen molar-refractivity contribution in [2.24, 2.45) is 5.73 Å². The van der Waals surface area contributed by atoms with Gasteiger partial charge >= 0.3 is 0 Å². The second-order valence-corrected chi connectivity index (χ2v) is 8.71. The second kappa shape index (κ2) is 10.4. The topological polar surface area (TPSA) is 141 Å². The molecule has 1 saturated carbocycles. The Labute approximate surface area is 191 Å². The fraction of sp³-hybridized carbons (Fsp3) is 0.455. The Morgan fingerprint density at radius 2 is 1.88 bits per heavy atom. The minimum Gasteiger partial charge on any atom is -0.497 e. The van der Waals surface area contributed by atoms with Crippen molar-refractivity contribution in [1.29, 1.82) is 0 Å². The smallest absolute Gasteiger partial charge is 0.270 e. The van der Waals surface area contributed by atoms with E-state index in [4.69, 9.17) is 16.2 Å². The largest absolute Gasteiger partial charge is 0.497 e. The van der Waals surface area contributed by atoms with E-state index in [0.717, 1.165) is 42.8 Å². The molecule has 2 aromatic rings. The molecule has 1 heterocycles. The van der Waals surface area contributed by atoms with Crippen molar-refractivity contribution in [2.75, 3.05) is 12.8 Å². The van der Waals surface area contributed by atoms with Gasteiger partial charge < -0.3 is 26.4 Å². The first-order valence-corrected chi connectivity index (χ1v) is 11.4. The van der Waals surface area contributed by atoms with Crippen LogP contribution in [0.25, 0.3) is 0 Å². The van der Waals surface area contributed by atoms with Crippen LogP contribution in [0.2, 0.25) is 0 Å². The molecule has 0 saturated heterocycles. The molecular formula is C22H29N5O4S. The third-order valence-electron chi connectivity index (χ3n) is 5.73. The molecule has 32 heavy (non-hydrogen) atoms. The molecule has 1 aromatic heterocycles. The van der Waals surface area contributed by atoms with Gasteiger partial charge in [-0.2, -0.15) is 4.37 Å². The maximum atomic E-state index is 13.4. The molecule has 0 aliphatic heterocycles. The number of amides is 3. The molecule has 0 radical (unpaired) electrons. The highest BCUT2D eigenvalue weighted by Gasteiger charge is 2.32. The van der Waals surface area contributed by atoms with Gasteiger partial charge in [0.2, 0.25) is 5.91 Å². The lowest BCUT2D eigenvalue weighted by atomic mass is 9.95. The third kappa shape index (κ3) is 5.37. The molecular weight excluding hydrogens is 430 g/mol. The highest BCUT2D eigenvalue weighted by Crippen LogP contribution is 2.26. The Kier molecular flexibility index (Phi) is 7.68. The Hall–Kier alpha value is -3.14. The summed E-state index contributed by atoms with van der Waals surface area (Å²) in [6, 6.07) is 6.59. The van der Waals surface area contributed by atoms with E-state index in [9.17, 15) is 14.4 Å². The average molecular weight is 460 g/mol. The fourth-order valence-electron chi connectivity index (χ4n) is 3.78. The molecule has 1 fully saturated rings. The number of benzene rings is 1. The molecule has 3 rings (SSSR count). The summed E-state index contributed by atoms with van der Waals surface area (Å²) >= 11 is 0.804. The lowest BCUT2D eigenvalue weighted by Crippen LogP contribution is -2.50. The van der Waals surface area contributed by atoms with E-state index in [1.807, 2.05) is 12.1 Å². The molecule has 1 unspecified atom stereocenters. The van der Waals surface area contributed by atoms with Crippen molar-refractivity contribution in [2.45, 2.75) is 57.7 Å². The van der Waals surface area contributed by atoms with E-state index >= 15 is 0 Å². The molecule has 9 nitrogen and oxygen atoms in total. The summed E-state index contributed by atoms with van der Waals surface area (Å²) < 4.78 is 9.11. The zero-order chi connectivity index (χ0) is 23.3. The zero-order valence-electron chi connectivity index (χ0n) is 18.3. The Morgan fingerprint density at radius 3 is 2.44 bits per heavy atom. The Balaban J connectivity index is 1.86. The van der Waals surface area contributed by atoms with Crippen molar-refractivity contribution in [1.82, 2.24) is 14.6 Å². The molecule has 0 bridgehead atoms. The number of primary amides is 1. The van der Waals surface area contributed by atoms with E-state index in [1.165, 1.54) is 11.3 Å². The molecule has 1 aliphatic carbocycles. The predicted octanol–water partition coefficient (Wildman–Crippen LogP) is 2.31. The van der Waals surface area contributed by atoms with Crippen LogP contribution in [0.3, 0.4) is 0 Å². The van der Waals surface area contributed by atoms with Crippen LogP contribution >= 0.6 is 11.5 Å². The number of nitrogens with one attached hydrogen (secondary N) is 1. The predicted molar refractivity (Wildman–Crippen MR) is 122 cm³/mol. The van der Waals surface area contributed by atoms with E-state index in [2.05, 4.69) is 9.69 Å². The fourth-order valence-corrected chi connectivity index (χ4v) is 4.54. The minimum atomic E-state index is -0.803. The molecule has 1 aromatic carbocycles. The van der Waals surface area contributed by atoms with Crippen LogP contribution in [-0.4, -0.2) is 46.2 Å². The number of methoxy groups -OCH3 is 1. The van der Waals surface area contributed by atoms with Crippen LogP contribution in [0.15, 0.2) is 24.3 Å². The first-order chi connectivity index (χ1) is 15.3. The van der Waals surface area contributed by atoms with Crippen molar-refractivity contribution in [3.8, 4) is 5.75 Å². The highest BCUT2D eigenvalue weighted by atomic mass is 32.1. The number of carbonyl (C=O) groups is 3. The first-order valence-electron chi connectivity index (χ1n) is 10.6. The van der Waals surface area contributed by atoms with Gasteiger partial charge in [-0.1, -0.05) is 31.4 Å². The summed E-state index contributed by atoms with van der Waals surface area (Å²) in [7, 11) is 1.57. The summed E-state index contributed by atoms with van der Waals surface area (Å²) in [6.07, 6.45) is 5.22. The summed E-state index contributed by atoms with van der Waals surface area (Å²) in [5.74, 6) is -0.818. The van der Waals surface area contributed by atoms with Gasteiger partial charge in [-0.05, 0) is 49.0 Å². The molecule has 0 spiro atoms. The maximum absolute atomic E-state index is 13.4. The normalized spacial score (nSPS) is 15.1. The molecule has 10 heteroatoms. The number of hydrogen-bond acceptors (Lipinski definition) is 7. The highest BCUT2D eigenvalue weighted by molar-refractivity contribution is 7.09. The average Bonchev–Trinajstić information content (AvgIpc) is 3.19. The molecule has 1 aliphatic rings. The standard InChI is InChI=1S/C22H29N5O4S/c1-13(21(29)25-15-6-4-3-5-7-15)27(12-14-8-10-16(31-2)11-9-14)22(30)19-17(23)18(20(24)28)26-32-19/h8-11,13,15H,3-7,12,23H2,1-2H3,(H2,24,28)(H,25,29). The number of anilines is 1. The number of hydrogen-bond donors (Lipinski definition) is 3. The lowest BCUT2D eigenvalue weighted by Gasteiger charge is -2.31. The number of nitrogens with zero attached hydrogens (tertiary/aromatic N) is 2. The van der Waals surface area contributed by atoms with Gasteiger partial charge in [0.15, 0.2) is 5.69 Å². The first kappa shape index (κ1) is 23.5. The molecule has 3 amide bonds. The summed E-state index contributed by atoms with van der Waals surface area (Å²) in [5, 5.41) is 3.08. The Bertz CT molecular complexity index is 969. The summed E-state index contributed by atoms with van der Waals surface area (Å²) in [6.45, 7) is 1.86. The number of ether oxygens (including phenoxy) is 1. The van der Waals surface area contributed by atoms with Crippen LogP contribution in [0.4, 0.5) is 5.69 Å². The van der Waals surface area contributed by atoms with Gasteiger partial charge in [0, 0.05) is 12.6 Å². The van der Waals surface area contributed by atoms with Gasteiger partial charge in [-0.3, -0.25) is 14.4 Å². The van der Waals surface area contributed by atoms with Gasteiger partial charge in [0.05, 0.1) is 12.8 Å². The van der Waals surface area contributed by atoms with Crippen LogP contribution in [-0.2, 0) is 11.3 Å². The van der Waals surface area contributed by atoms with Gasteiger partial charge in [0.25, 0.3) is 11.8 Å². The van der Waals surface area contributed by atoms with Crippen molar-refractivity contribution in [3.05, 3.63) is 40.4 Å². The molecule has 1 atom stereocenters. The monoisotopic (exact) mass is 459 g/mol.